The zero-order valence-electron chi connectivity index (χ0n) is 40.7. The summed E-state index contributed by atoms with van der Waals surface area (Å²) >= 11 is 7.93. The number of aliphatic imine (C=N–C) groups is 2. The Labute approximate surface area is 424 Å². The van der Waals surface area contributed by atoms with Gasteiger partial charge in [0.15, 0.2) is 11.9 Å². The summed E-state index contributed by atoms with van der Waals surface area (Å²) in [7, 11) is 0. The number of nitrogens with one attached hydrogen (secondary N) is 8. The van der Waals surface area contributed by atoms with E-state index in [4.69, 9.17) is 40.1 Å². The van der Waals surface area contributed by atoms with Gasteiger partial charge in [-0.2, -0.15) is 25.3 Å². The topological polar surface area (TPSA) is 494 Å². The number of guanidine groups is 2. The smallest absolute Gasteiger partial charge is 0.327 e. The van der Waals surface area contributed by atoms with E-state index in [2.05, 4.69) is 77.8 Å². The Morgan fingerprint density at radius 1 is 0.549 bits per heavy atom. The highest BCUT2D eigenvalue weighted by atomic mass is 32.1. The van der Waals surface area contributed by atoms with Crippen molar-refractivity contribution in [2.45, 2.75) is 134 Å². The minimum atomic E-state index is -1.66. The number of aliphatic carboxylic acids is 1. The molecule has 0 bridgehead atoms. The number of rotatable bonds is 36. The molecule has 0 saturated heterocycles. The van der Waals surface area contributed by atoms with Crippen molar-refractivity contribution in [2.24, 2.45) is 62.0 Å². The molecule has 9 atom stereocenters. The van der Waals surface area contributed by atoms with Crippen LogP contribution in [0.2, 0.25) is 0 Å². The maximum Gasteiger partial charge on any atom is 0.327 e. The van der Waals surface area contributed by atoms with Crippen LogP contribution in [0.3, 0.4) is 0 Å². The van der Waals surface area contributed by atoms with E-state index in [-0.39, 0.29) is 68.6 Å². The predicted octanol–water partition coefficient (Wildman–Crippen LogP) is -6.42. The summed E-state index contributed by atoms with van der Waals surface area (Å²) in [5.74, 6) is -11.1. The minimum absolute atomic E-state index is 0.000770. The van der Waals surface area contributed by atoms with Gasteiger partial charge < -0.3 is 87.8 Å². The molecule has 0 unspecified atom stereocenters. The molecular formula is C41H77N17O11S2. The molecular weight excluding hydrogens is 971 g/mol. The Morgan fingerprint density at radius 3 is 1.45 bits per heavy atom. The second-order valence-corrected chi connectivity index (χ2v) is 17.6. The molecule has 0 rings (SSSR count). The Hall–Kier alpha value is -6.14. The lowest BCUT2D eigenvalue weighted by molar-refractivity contribution is -0.141. The fourth-order valence-corrected chi connectivity index (χ4v) is 6.75. The zero-order valence-corrected chi connectivity index (χ0v) is 42.5. The standard InChI is InChI=1S/C41H77N17O11S2/c1-5-21(4)31(37(66)51-17-29(60)52-23(11-8-14-49-40(45)46)33(62)55-26(16-28(44)59)36(65)56-27(19-71)39(68)69)58-38(67)30(20(2)3)57-35(64)25(12-9-15-50-41(47)48)54-34(63)24(10-6-7-13-42)53-32(61)22(43)18-70/h20-27,30-31,70-71H,5-19,42-43H2,1-4H3,(H2,44,59)(H,51,66)(H,52,60)(H,53,61)(H,54,63)(H,55,62)(H,56,65)(H,57,64)(H,58,67)(H,68,69)(H4,45,46,49)(H4,47,48,50)/t21-,22-,23-,24-,25-,26-,27-,30-,31-/m0/s1. The molecule has 0 aromatic rings. The number of unbranched alkanes of at least 4 members (excludes halogenated alkanes) is 1. The second-order valence-electron chi connectivity index (χ2n) is 16.8. The van der Waals surface area contributed by atoms with Crippen LogP contribution in [0, 0.1) is 11.8 Å². The van der Waals surface area contributed by atoms with Crippen molar-refractivity contribution in [3.05, 3.63) is 0 Å². The lowest BCUT2D eigenvalue weighted by Gasteiger charge is -2.29. The van der Waals surface area contributed by atoms with Crippen LogP contribution in [0.25, 0.3) is 0 Å². The number of carboxylic acids is 1. The molecule has 0 radical (unpaired) electrons. The number of hydrogen-bond donors (Lipinski definition) is 18. The number of thiol groups is 2. The average molecular weight is 1050 g/mol. The largest absolute Gasteiger partial charge is 0.480 e. The maximum atomic E-state index is 14.0. The number of nitrogens with zero attached hydrogens (tertiary/aromatic N) is 2. The van der Waals surface area contributed by atoms with E-state index in [0.717, 1.165) is 0 Å². The molecule has 30 heteroatoms. The summed E-state index contributed by atoms with van der Waals surface area (Å²) in [6.45, 7) is 6.37. The molecule has 0 spiro atoms. The van der Waals surface area contributed by atoms with E-state index in [0.29, 0.717) is 25.8 Å². The fraction of sp³-hybridized carbons (Fsp3) is 0.707. The van der Waals surface area contributed by atoms with Gasteiger partial charge in [-0.05, 0) is 63.3 Å². The van der Waals surface area contributed by atoms with Crippen LogP contribution in [-0.4, -0.2) is 162 Å². The minimum Gasteiger partial charge on any atom is -0.480 e. The van der Waals surface area contributed by atoms with Gasteiger partial charge in [-0.15, -0.1) is 0 Å². The van der Waals surface area contributed by atoms with Crippen LogP contribution in [0.5, 0.6) is 0 Å². The number of amides is 9. The first-order valence-corrected chi connectivity index (χ1v) is 24.3. The highest BCUT2D eigenvalue weighted by Crippen LogP contribution is 2.12. The molecule has 71 heavy (non-hydrogen) atoms. The van der Waals surface area contributed by atoms with Crippen molar-refractivity contribution in [3.8, 4) is 0 Å². The van der Waals surface area contributed by atoms with Crippen molar-refractivity contribution >= 4 is 96.3 Å². The Morgan fingerprint density at radius 2 is 1.00 bits per heavy atom. The van der Waals surface area contributed by atoms with Gasteiger partial charge in [0.05, 0.1) is 19.0 Å². The fourth-order valence-electron chi connectivity index (χ4n) is 6.34. The highest BCUT2D eigenvalue weighted by molar-refractivity contribution is 7.80. The Bertz CT molecular complexity index is 1850. The predicted molar refractivity (Wildman–Crippen MR) is 271 cm³/mol. The maximum absolute atomic E-state index is 14.0. The van der Waals surface area contributed by atoms with Crippen LogP contribution >= 0.6 is 25.3 Å². The molecule has 0 saturated carbocycles. The Balaban J connectivity index is 6.41. The molecule has 23 N–H and O–H groups in total. The summed E-state index contributed by atoms with van der Waals surface area (Å²) in [6.07, 6.45) is 0.944. The van der Waals surface area contributed by atoms with Crippen LogP contribution in [0.1, 0.15) is 85.5 Å². The van der Waals surface area contributed by atoms with E-state index in [1.807, 2.05) is 0 Å². The number of carbonyl (C=O) groups is 10. The van der Waals surface area contributed by atoms with Gasteiger partial charge in [0.25, 0.3) is 0 Å². The number of nitrogens with two attached hydrogens (primary N) is 7. The molecule has 9 amide bonds. The molecule has 0 aliphatic rings. The molecule has 0 aromatic heterocycles. The number of carboxylic acid groups (broad SMARTS) is 1. The van der Waals surface area contributed by atoms with Gasteiger partial charge in [0.2, 0.25) is 53.2 Å². The molecule has 0 fully saturated rings. The summed E-state index contributed by atoms with van der Waals surface area (Å²) in [4.78, 5) is 139. The van der Waals surface area contributed by atoms with Crippen molar-refractivity contribution in [1.82, 2.24) is 42.5 Å². The molecule has 0 aromatic carbocycles. The van der Waals surface area contributed by atoms with Crippen molar-refractivity contribution in [3.63, 3.8) is 0 Å². The summed E-state index contributed by atoms with van der Waals surface area (Å²) in [5, 5.41) is 29.2. The first-order valence-electron chi connectivity index (χ1n) is 23.0. The first kappa shape index (κ1) is 64.9. The van der Waals surface area contributed by atoms with E-state index >= 15 is 0 Å². The SMILES string of the molecule is CC[C@H](C)[C@H](NC(=O)[C@@H](NC(=O)[C@H](CCCN=C(N)N)NC(=O)[C@H](CCCCN)NC(=O)[C@@H](N)CS)C(C)C)C(=O)NCC(=O)N[C@@H](CCCN=C(N)N)C(=O)N[C@@H](CC(N)=O)C(=O)N[C@@H](CS)C(=O)O. The van der Waals surface area contributed by atoms with Crippen LogP contribution < -0.4 is 82.7 Å². The van der Waals surface area contributed by atoms with Gasteiger partial charge in [-0.1, -0.05) is 34.1 Å². The molecule has 28 nitrogen and oxygen atoms in total. The number of hydrogen-bond acceptors (Lipinski definition) is 16. The third-order valence-electron chi connectivity index (χ3n) is 10.6. The normalized spacial score (nSPS) is 14.7. The van der Waals surface area contributed by atoms with Gasteiger partial charge in [0.1, 0.15) is 42.3 Å². The van der Waals surface area contributed by atoms with E-state index < -0.39 is 132 Å². The molecule has 404 valence electrons. The van der Waals surface area contributed by atoms with Crippen LogP contribution in [0.4, 0.5) is 0 Å². The Kier molecular flexibility index (Phi) is 32.0. The quantitative estimate of drug-likeness (QED) is 0.0120. The van der Waals surface area contributed by atoms with Crippen molar-refractivity contribution < 1.29 is 53.1 Å². The highest BCUT2D eigenvalue weighted by Gasteiger charge is 2.35. The molecule has 0 aliphatic heterocycles. The van der Waals surface area contributed by atoms with E-state index in [9.17, 15) is 53.1 Å². The molecule has 0 heterocycles. The van der Waals surface area contributed by atoms with Gasteiger partial charge in [-0.3, -0.25) is 53.1 Å². The second kappa shape index (κ2) is 35.0. The average Bonchev–Trinajstić information content (AvgIpc) is 3.30. The zero-order chi connectivity index (χ0) is 54.4. The van der Waals surface area contributed by atoms with Crippen LogP contribution in [0.15, 0.2) is 9.98 Å². The summed E-state index contributed by atoms with van der Waals surface area (Å²) in [5.41, 5.74) is 38.5. The number of primary amides is 1. The van der Waals surface area contributed by atoms with E-state index in [1.165, 1.54) is 0 Å². The summed E-state index contributed by atoms with van der Waals surface area (Å²) in [6, 6.07) is -10.5. The monoisotopic (exact) mass is 1050 g/mol. The van der Waals surface area contributed by atoms with Crippen molar-refractivity contribution in [1.29, 1.82) is 0 Å². The van der Waals surface area contributed by atoms with E-state index in [1.54, 1.807) is 27.7 Å². The third-order valence-corrected chi connectivity index (χ3v) is 11.3. The third kappa shape index (κ3) is 26.6. The van der Waals surface area contributed by atoms with Gasteiger partial charge >= 0.3 is 5.97 Å². The molecule has 0 aliphatic carbocycles. The van der Waals surface area contributed by atoms with Crippen molar-refractivity contribution in [2.75, 3.05) is 37.7 Å². The van der Waals surface area contributed by atoms with Gasteiger partial charge in [0, 0.05) is 24.6 Å². The summed E-state index contributed by atoms with van der Waals surface area (Å²) < 4.78 is 0. The lowest BCUT2D eigenvalue weighted by atomic mass is 9.96. The first-order chi connectivity index (χ1) is 33.3. The van der Waals surface area contributed by atoms with Crippen LogP contribution in [-0.2, 0) is 47.9 Å². The number of carbonyl (C=O) groups excluding carboxylic acids is 9. The lowest BCUT2D eigenvalue weighted by Crippen LogP contribution is -2.61. The van der Waals surface area contributed by atoms with Gasteiger partial charge in [-0.25, -0.2) is 4.79 Å².